The molecule has 1 aliphatic heterocycles. The molecule has 10 heteroatoms. The average molecular weight is 558 g/mol. The van der Waals surface area contributed by atoms with Crippen LogP contribution in [0.15, 0.2) is 53.6 Å². The second kappa shape index (κ2) is 10.3. The molecule has 0 spiro atoms. The van der Waals surface area contributed by atoms with E-state index in [1.807, 2.05) is 24.0 Å². The summed E-state index contributed by atoms with van der Waals surface area (Å²) >= 11 is 6.73. The van der Waals surface area contributed by atoms with Gasteiger partial charge in [0, 0.05) is 42.8 Å². The number of carboxylic acid groups (broad SMARTS) is 1. The van der Waals surface area contributed by atoms with E-state index in [0.29, 0.717) is 23.4 Å². The van der Waals surface area contributed by atoms with Crippen molar-refractivity contribution >= 4 is 39.0 Å². The van der Waals surface area contributed by atoms with Crippen LogP contribution in [-0.4, -0.2) is 48.4 Å². The SMILES string of the molecule is Cc1cc(N2C[C@@H](C3CCCCC3)N(C)S(=O)(=O)c3cc(-c4ccc(F)c(C(=O)O)c4)c(Cl)cc32)ccn1. The van der Waals surface area contributed by atoms with Crippen molar-refractivity contribution in [3.63, 3.8) is 0 Å². The van der Waals surface area contributed by atoms with Crippen LogP contribution in [0.1, 0.15) is 48.2 Å². The van der Waals surface area contributed by atoms with Crippen LogP contribution in [-0.2, 0) is 10.0 Å². The van der Waals surface area contributed by atoms with E-state index >= 15 is 0 Å². The van der Waals surface area contributed by atoms with Gasteiger partial charge in [-0.2, -0.15) is 4.31 Å². The fourth-order valence-electron chi connectivity index (χ4n) is 5.68. The molecule has 2 aliphatic rings. The van der Waals surface area contributed by atoms with Gasteiger partial charge in [-0.1, -0.05) is 36.9 Å². The molecule has 1 N–H and O–H groups in total. The first-order valence-electron chi connectivity index (χ1n) is 12.6. The van der Waals surface area contributed by atoms with E-state index in [1.54, 1.807) is 19.3 Å². The highest BCUT2D eigenvalue weighted by atomic mass is 35.5. The van der Waals surface area contributed by atoms with Crippen molar-refractivity contribution in [2.45, 2.75) is 50.0 Å². The molecular formula is C28H29ClFN3O4S. The lowest BCUT2D eigenvalue weighted by molar-refractivity contribution is 0.0692. The van der Waals surface area contributed by atoms with Gasteiger partial charge in [0.1, 0.15) is 10.7 Å². The number of fused-ring (bicyclic) bond motifs is 1. The maximum absolute atomic E-state index is 14.1. The smallest absolute Gasteiger partial charge is 0.338 e. The number of halogens is 2. The summed E-state index contributed by atoms with van der Waals surface area (Å²) in [5.41, 5.74) is 2.16. The zero-order valence-electron chi connectivity index (χ0n) is 21.2. The summed E-state index contributed by atoms with van der Waals surface area (Å²) in [4.78, 5) is 17.9. The van der Waals surface area contributed by atoms with Crippen LogP contribution in [0.2, 0.25) is 5.02 Å². The number of rotatable bonds is 4. The summed E-state index contributed by atoms with van der Waals surface area (Å²) in [7, 11) is -2.33. The molecule has 2 aromatic carbocycles. The van der Waals surface area contributed by atoms with E-state index in [-0.39, 0.29) is 21.9 Å². The number of aromatic nitrogens is 1. The van der Waals surface area contributed by atoms with Gasteiger partial charge in [0.25, 0.3) is 0 Å². The first kappa shape index (κ1) is 26.6. The van der Waals surface area contributed by atoms with E-state index in [0.717, 1.165) is 49.6 Å². The van der Waals surface area contributed by atoms with Gasteiger partial charge in [0.05, 0.1) is 16.3 Å². The quantitative estimate of drug-likeness (QED) is 0.406. The van der Waals surface area contributed by atoms with Crippen LogP contribution in [0.25, 0.3) is 11.1 Å². The van der Waals surface area contributed by atoms with E-state index in [1.165, 1.54) is 22.5 Å². The van der Waals surface area contributed by atoms with Crippen LogP contribution in [0, 0.1) is 18.7 Å². The van der Waals surface area contributed by atoms with Crippen molar-refractivity contribution in [1.29, 1.82) is 0 Å². The van der Waals surface area contributed by atoms with Crippen LogP contribution in [0.3, 0.4) is 0 Å². The Morgan fingerprint density at radius 2 is 1.84 bits per heavy atom. The molecule has 1 aliphatic carbocycles. The number of benzene rings is 2. The number of hydrogen-bond donors (Lipinski definition) is 1. The number of aryl methyl sites for hydroxylation is 1. The number of hydrogen-bond acceptors (Lipinski definition) is 5. The minimum atomic E-state index is -3.96. The number of sulfonamides is 1. The summed E-state index contributed by atoms with van der Waals surface area (Å²) < 4.78 is 43.9. The van der Waals surface area contributed by atoms with Crippen molar-refractivity contribution in [2.75, 3.05) is 18.5 Å². The van der Waals surface area contributed by atoms with Crippen LogP contribution in [0.4, 0.5) is 15.8 Å². The molecule has 1 saturated carbocycles. The number of nitrogens with zero attached hydrogens (tertiary/aromatic N) is 3. The Balaban J connectivity index is 1.72. The molecule has 38 heavy (non-hydrogen) atoms. The zero-order valence-corrected chi connectivity index (χ0v) is 22.8. The van der Waals surface area contributed by atoms with Gasteiger partial charge in [-0.05, 0) is 67.6 Å². The number of carbonyl (C=O) groups is 1. The lowest BCUT2D eigenvalue weighted by atomic mass is 9.83. The first-order chi connectivity index (χ1) is 18.1. The number of anilines is 2. The predicted octanol–water partition coefficient (Wildman–Crippen LogP) is 6.27. The monoisotopic (exact) mass is 557 g/mol. The van der Waals surface area contributed by atoms with Gasteiger partial charge >= 0.3 is 5.97 Å². The fourth-order valence-corrected chi connectivity index (χ4v) is 7.55. The second-order valence-electron chi connectivity index (χ2n) is 10.1. The maximum atomic E-state index is 14.1. The van der Waals surface area contributed by atoms with E-state index in [2.05, 4.69) is 4.98 Å². The second-order valence-corrected chi connectivity index (χ2v) is 12.4. The summed E-state index contributed by atoms with van der Waals surface area (Å²) in [5, 5.41) is 9.64. The molecule has 0 amide bonds. The Morgan fingerprint density at radius 3 is 2.53 bits per heavy atom. The molecule has 1 aromatic heterocycles. The third-order valence-electron chi connectivity index (χ3n) is 7.73. The standard InChI is InChI=1S/C28H29ClFN3O4S/c1-17-12-20(10-11-31-17)33-16-26(18-6-4-3-5-7-18)32(2)38(36,37)27-14-21(23(29)15-25(27)33)19-8-9-24(30)22(13-19)28(34)35/h8-15,18,26H,3-7,16H2,1-2H3,(H,34,35)/t26-/m0/s1. The molecule has 1 atom stereocenters. The van der Waals surface area contributed by atoms with Crippen molar-refractivity contribution in [3.05, 3.63) is 70.8 Å². The third-order valence-corrected chi connectivity index (χ3v) is 9.95. The Morgan fingerprint density at radius 1 is 1.11 bits per heavy atom. The predicted molar refractivity (Wildman–Crippen MR) is 145 cm³/mol. The highest BCUT2D eigenvalue weighted by Crippen LogP contribution is 2.44. The van der Waals surface area contributed by atoms with Crippen LogP contribution >= 0.6 is 11.6 Å². The minimum absolute atomic E-state index is 0.0633. The highest BCUT2D eigenvalue weighted by molar-refractivity contribution is 7.89. The number of pyridine rings is 1. The van der Waals surface area contributed by atoms with Crippen molar-refractivity contribution in [2.24, 2.45) is 5.92 Å². The van der Waals surface area contributed by atoms with Crippen molar-refractivity contribution in [1.82, 2.24) is 9.29 Å². The summed E-state index contributed by atoms with van der Waals surface area (Å²) in [5.74, 6) is -2.08. The topological polar surface area (TPSA) is 90.8 Å². The van der Waals surface area contributed by atoms with Crippen LogP contribution < -0.4 is 4.90 Å². The average Bonchev–Trinajstić information content (AvgIpc) is 2.97. The maximum Gasteiger partial charge on any atom is 0.338 e. The normalized spacial score (nSPS) is 20.1. The lowest BCUT2D eigenvalue weighted by Crippen LogP contribution is -2.46. The summed E-state index contributed by atoms with van der Waals surface area (Å²) in [6.07, 6.45) is 6.92. The molecule has 0 radical (unpaired) electrons. The largest absolute Gasteiger partial charge is 0.478 e. The van der Waals surface area contributed by atoms with Gasteiger partial charge in [0.15, 0.2) is 0 Å². The highest BCUT2D eigenvalue weighted by Gasteiger charge is 2.41. The van der Waals surface area contributed by atoms with Gasteiger partial charge in [-0.15, -0.1) is 0 Å². The van der Waals surface area contributed by atoms with Gasteiger partial charge in [0.2, 0.25) is 10.0 Å². The van der Waals surface area contributed by atoms with Gasteiger partial charge in [-0.3, -0.25) is 4.98 Å². The van der Waals surface area contributed by atoms with Crippen molar-refractivity contribution in [3.8, 4) is 11.1 Å². The first-order valence-corrected chi connectivity index (χ1v) is 14.4. The molecule has 1 fully saturated rings. The van der Waals surface area contributed by atoms with E-state index in [4.69, 9.17) is 11.6 Å². The van der Waals surface area contributed by atoms with Crippen LogP contribution in [0.5, 0.6) is 0 Å². The summed E-state index contributed by atoms with van der Waals surface area (Å²) in [6, 6.07) is 10.2. The fraction of sp³-hybridized carbons (Fsp3) is 0.357. The Kier molecular flexibility index (Phi) is 7.19. The molecule has 0 bridgehead atoms. The number of carboxylic acids is 1. The molecule has 0 unspecified atom stereocenters. The van der Waals surface area contributed by atoms with Gasteiger partial charge in [-0.25, -0.2) is 17.6 Å². The van der Waals surface area contributed by atoms with E-state index < -0.39 is 27.4 Å². The van der Waals surface area contributed by atoms with Crippen molar-refractivity contribution < 1.29 is 22.7 Å². The zero-order chi connectivity index (χ0) is 27.2. The minimum Gasteiger partial charge on any atom is -0.478 e. The Labute approximate surface area is 226 Å². The molecule has 3 aromatic rings. The molecular weight excluding hydrogens is 529 g/mol. The third kappa shape index (κ3) is 4.79. The molecule has 5 rings (SSSR count). The lowest BCUT2D eigenvalue weighted by Gasteiger charge is -2.36. The number of aromatic carboxylic acids is 1. The summed E-state index contributed by atoms with van der Waals surface area (Å²) in [6.45, 7) is 2.33. The molecule has 0 saturated heterocycles. The number of likely N-dealkylation sites (N-methyl/N-ethyl adjacent to an activating group) is 1. The molecule has 2 heterocycles. The van der Waals surface area contributed by atoms with Gasteiger partial charge < -0.3 is 10.0 Å². The Hall–Kier alpha value is -3.01. The Bertz CT molecular complexity index is 1510. The molecule has 200 valence electrons. The van der Waals surface area contributed by atoms with E-state index in [9.17, 15) is 22.7 Å². The molecule has 7 nitrogen and oxygen atoms in total.